The predicted molar refractivity (Wildman–Crippen MR) is 53.3 cm³/mol. The summed E-state index contributed by atoms with van der Waals surface area (Å²) in [6.07, 6.45) is -1.12. The van der Waals surface area contributed by atoms with E-state index in [1.165, 1.54) is 12.1 Å². The first-order valence-electron chi connectivity index (χ1n) is 4.01. The minimum Gasteiger partial charge on any atom is -0.445 e. The largest absolute Gasteiger partial charge is 0.445 e. The summed E-state index contributed by atoms with van der Waals surface area (Å²) in [6.45, 7) is 1.83. The molecule has 0 bridgehead atoms. The number of carbonyl (C=O) groups is 1. The predicted octanol–water partition coefficient (Wildman–Crippen LogP) is 1.20. The van der Waals surface area contributed by atoms with Crippen molar-refractivity contribution in [2.45, 2.75) is 11.8 Å². The number of nitrogens with one attached hydrogen (secondary N) is 1. The fraction of sp³-hybridized carbons (Fsp3) is 0.111. The van der Waals surface area contributed by atoms with Gasteiger partial charge in [0.25, 0.3) is 10.0 Å². The maximum Gasteiger partial charge on any atom is 0.421 e. The van der Waals surface area contributed by atoms with E-state index in [1.807, 2.05) is 6.92 Å². The number of aryl methyl sites for hydroxylation is 1. The van der Waals surface area contributed by atoms with Crippen molar-refractivity contribution >= 4 is 16.1 Å². The standard InChI is InChI=1S/C9H10NO4S/c1-7-3-5-8(6-4-7)15(12,13)10-9(11)14-2/h3-6H,2H2,1H3,(H,10,11). The van der Waals surface area contributed by atoms with E-state index in [1.54, 1.807) is 16.9 Å². The first-order chi connectivity index (χ1) is 6.95. The third kappa shape index (κ3) is 2.95. The molecule has 0 saturated carbocycles. The number of hydrogen-bond donors (Lipinski definition) is 1. The molecular weight excluding hydrogens is 218 g/mol. The van der Waals surface area contributed by atoms with Crippen molar-refractivity contribution in [2.75, 3.05) is 0 Å². The van der Waals surface area contributed by atoms with Gasteiger partial charge in [0.2, 0.25) is 0 Å². The van der Waals surface area contributed by atoms with Gasteiger partial charge in [-0.25, -0.2) is 17.9 Å². The molecule has 0 saturated heterocycles. The molecule has 1 amide bonds. The van der Waals surface area contributed by atoms with Crippen LogP contribution in [0.3, 0.4) is 0 Å². The molecule has 0 heterocycles. The van der Waals surface area contributed by atoms with Crippen LogP contribution in [0.15, 0.2) is 29.2 Å². The van der Waals surface area contributed by atoms with Crippen LogP contribution in [-0.2, 0) is 14.8 Å². The zero-order chi connectivity index (χ0) is 11.5. The van der Waals surface area contributed by atoms with Gasteiger partial charge in [0.1, 0.15) is 7.11 Å². The van der Waals surface area contributed by atoms with Gasteiger partial charge in [0, 0.05) is 0 Å². The van der Waals surface area contributed by atoms with Crippen LogP contribution in [0.1, 0.15) is 5.56 Å². The van der Waals surface area contributed by atoms with E-state index in [0.29, 0.717) is 0 Å². The summed E-state index contributed by atoms with van der Waals surface area (Å²) in [6, 6.07) is 6.05. The average molecular weight is 228 g/mol. The highest BCUT2D eigenvalue weighted by Gasteiger charge is 2.17. The minimum atomic E-state index is -3.85. The number of sulfonamides is 1. The van der Waals surface area contributed by atoms with Crippen molar-refractivity contribution in [3.8, 4) is 0 Å². The molecule has 1 radical (unpaired) electrons. The Morgan fingerprint density at radius 1 is 1.33 bits per heavy atom. The van der Waals surface area contributed by atoms with Crippen LogP contribution in [0.4, 0.5) is 4.79 Å². The summed E-state index contributed by atoms with van der Waals surface area (Å²) in [5, 5.41) is 0. The third-order valence-electron chi connectivity index (χ3n) is 1.68. The summed E-state index contributed by atoms with van der Waals surface area (Å²) in [7, 11) is -1.05. The van der Waals surface area contributed by atoms with Crippen LogP contribution in [0.2, 0.25) is 0 Å². The molecule has 15 heavy (non-hydrogen) atoms. The maximum atomic E-state index is 11.5. The molecule has 1 rings (SSSR count). The quantitative estimate of drug-likeness (QED) is 0.825. The highest BCUT2D eigenvalue weighted by Crippen LogP contribution is 2.09. The number of ether oxygens (including phenoxy) is 1. The molecular formula is C9H10NO4S. The molecule has 5 nitrogen and oxygen atoms in total. The summed E-state index contributed by atoms with van der Waals surface area (Å²) < 4.78 is 28.6. The Labute approximate surface area is 88.1 Å². The topological polar surface area (TPSA) is 72.5 Å². The normalized spacial score (nSPS) is 10.8. The minimum absolute atomic E-state index is 0.00139. The van der Waals surface area contributed by atoms with E-state index in [-0.39, 0.29) is 4.90 Å². The van der Waals surface area contributed by atoms with E-state index in [4.69, 9.17) is 0 Å². The number of hydrogen-bond acceptors (Lipinski definition) is 4. The molecule has 0 aliphatic rings. The summed E-state index contributed by atoms with van der Waals surface area (Å²) in [5.74, 6) is 0. The smallest absolute Gasteiger partial charge is 0.421 e. The first kappa shape index (κ1) is 11.5. The Morgan fingerprint density at radius 3 is 2.33 bits per heavy atom. The fourth-order valence-corrected chi connectivity index (χ4v) is 1.81. The van der Waals surface area contributed by atoms with Gasteiger partial charge in [-0.05, 0) is 19.1 Å². The molecule has 1 N–H and O–H groups in total. The zero-order valence-electron chi connectivity index (χ0n) is 8.06. The Kier molecular flexibility index (Phi) is 3.31. The molecule has 81 valence electrons. The lowest BCUT2D eigenvalue weighted by Gasteiger charge is -2.05. The van der Waals surface area contributed by atoms with Gasteiger partial charge in [-0.3, -0.25) is 0 Å². The number of amides is 1. The van der Waals surface area contributed by atoms with Crippen molar-refractivity contribution in [2.24, 2.45) is 0 Å². The molecule has 0 fully saturated rings. The molecule has 0 aliphatic heterocycles. The highest BCUT2D eigenvalue weighted by molar-refractivity contribution is 7.90. The second-order valence-corrected chi connectivity index (χ2v) is 4.53. The zero-order valence-corrected chi connectivity index (χ0v) is 8.87. The van der Waals surface area contributed by atoms with Crippen molar-refractivity contribution in [1.82, 2.24) is 4.72 Å². The van der Waals surface area contributed by atoms with Crippen LogP contribution in [-0.4, -0.2) is 14.5 Å². The Hall–Kier alpha value is -1.56. The lowest BCUT2D eigenvalue weighted by molar-refractivity contribution is 0.190. The number of carbonyl (C=O) groups excluding carboxylic acids is 1. The molecule has 0 aliphatic carbocycles. The Balaban J connectivity index is 2.96. The van der Waals surface area contributed by atoms with Crippen molar-refractivity contribution in [3.63, 3.8) is 0 Å². The lowest BCUT2D eigenvalue weighted by Crippen LogP contribution is -2.29. The molecule has 0 atom stereocenters. The second-order valence-electron chi connectivity index (χ2n) is 2.85. The van der Waals surface area contributed by atoms with Crippen molar-refractivity contribution < 1.29 is 17.9 Å². The molecule has 0 unspecified atom stereocenters. The van der Waals surface area contributed by atoms with Gasteiger partial charge in [0.15, 0.2) is 0 Å². The molecule has 1 aromatic carbocycles. The number of rotatable bonds is 2. The highest BCUT2D eigenvalue weighted by atomic mass is 32.2. The van der Waals surface area contributed by atoms with Crippen molar-refractivity contribution in [1.29, 1.82) is 0 Å². The third-order valence-corrected chi connectivity index (χ3v) is 3.01. The van der Waals surface area contributed by atoms with E-state index >= 15 is 0 Å². The van der Waals surface area contributed by atoms with E-state index in [2.05, 4.69) is 11.8 Å². The monoisotopic (exact) mass is 228 g/mol. The van der Waals surface area contributed by atoms with Gasteiger partial charge >= 0.3 is 6.09 Å². The number of benzene rings is 1. The van der Waals surface area contributed by atoms with Gasteiger partial charge in [-0.15, -0.1) is 0 Å². The molecule has 0 aromatic heterocycles. The van der Waals surface area contributed by atoms with Gasteiger partial charge in [-0.1, -0.05) is 17.7 Å². The first-order valence-corrected chi connectivity index (χ1v) is 5.49. The average Bonchev–Trinajstić information content (AvgIpc) is 2.17. The van der Waals surface area contributed by atoms with Crippen LogP contribution in [0, 0.1) is 14.0 Å². The summed E-state index contributed by atoms with van der Waals surface area (Å²) in [5.41, 5.74) is 0.925. The lowest BCUT2D eigenvalue weighted by atomic mass is 10.2. The van der Waals surface area contributed by atoms with Crippen LogP contribution >= 0.6 is 0 Å². The Bertz CT molecular complexity index is 450. The fourth-order valence-electron chi connectivity index (χ4n) is 0.916. The molecule has 1 aromatic rings. The van der Waals surface area contributed by atoms with Crippen LogP contribution < -0.4 is 4.72 Å². The summed E-state index contributed by atoms with van der Waals surface area (Å²) in [4.78, 5) is 10.7. The summed E-state index contributed by atoms with van der Waals surface area (Å²) >= 11 is 0. The van der Waals surface area contributed by atoms with Crippen LogP contribution in [0.5, 0.6) is 0 Å². The van der Waals surface area contributed by atoms with E-state index in [0.717, 1.165) is 5.56 Å². The van der Waals surface area contributed by atoms with E-state index < -0.39 is 16.1 Å². The van der Waals surface area contributed by atoms with Gasteiger partial charge < -0.3 is 4.74 Å². The van der Waals surface area contributed by atoms with Crippen molar-refractivity contribution in [3.05, 3.63) is 36.9 Å². The van der Waals surface area contributed by atoms with E-state index in [9.17, 15) is 13.2 Å². The van der Waals surface area contributed by atoms with Crippen LogP contribution in [0.25, 0.3) is 0 Å². The SMILES string of the molecule is [CH2]OC(=O)NS(=O)(=O)c1ccc(C)cc1. The maximum absolute atomic E-state index is 11.5. The Morgan fingerprint density at radius 2 is 1.87 bits per heavy atom. The second kappa shape index (κ2) is 4.31. The van der Waals surface area contributed by atoms with Gasteiger partial charge in [-0.2, -0.15) is 0 Å². The molecule has 0 spiro atoms. The molecule has 6 heteroatoms. The van der Waals surface area contributed by atoms with Gasteiger partial charge in [0.05, 0.1) is 4.90 Å².